The second kappa shape index (κ2) is 8.56. The van der Waals surface area contributed by atoms with E-state index in [0.717, 1.165) is 29.8 Å². The number of nitrogens with one attached hydrogen (secondary N) is 1. The first-order valence-electron chi connectivity index (χ1n) is 9.65. The number of benzene rings is 1. The van der Waals surface area contributed by atoms with Gasteiger partial charge in [0.1, 0.15) is 0 Å². The van der Waals surface area contributed by atoms with Gasteiger partial charge in [0.15, 0.2) is 0 Å². The van der Waals surface area contributed by atoms with Crippen LogP contribution in [0, 0.1) is 11.8 Å². The van der Waals surface area contributed by atoms with Crippen molar-refractivity contribution in [1.82, 2.24) is 4.90 Å². The number of amides is 2. The molecule has 0 bridgehead atoms. The van der Waals surface area contributed by atoms with Crippen molar-refractivity contribution < 1.29 is 9.59 Å². The Labute approximate surface area is 157 Å². The summed E-state index contributed by atoms with van der Waals surface area (Å²) in [4.78, 5) is 28.6. The van der Waals surface area contributed by atoms with Crippen molar-refractivity contribution in [3.8, 4) is 0 Å². The Morgan fingerprint density at radius 1 is 1.19 bits per heavy atom. The third-order valence-corrected chi connectivity index (χ3v) is 5.20. The molecular weight excluding hydrogens is 326 g/mol. The molecule has 0 radical (unpaired) electrons. The van der Waals surface area contributed by atoms with Gasteiger partial charge in [0.05, 0.1) is 0 Å². The minimum absolute atomic E-state index is 0.102. The first-order chi connectivity index (χ1) is 12.2. The fourth-order valence-electron chi connectivity index (χ4n) is 3.02. The lowest BCUT2D eigenvalue weighted by Gasteiger charge is -2.33. The number of carbonyl (C=O) groups is 2. The van der Waals surface area contributed by atoms with Gasteiger partial charge in [0, 0.05) is 50.4 Å². The molecule has 0 aliphatic heterocycles. The maximum atomic E-state index is 12.5. The van der Waals surface area contributed by atoms with E-state index in [0.29, 0.717) is 18.9 Å². The minimum atomic E-state index is 0.102. The number of nitrogens with zero attached hydrogens (tertiary/aromatic N) is 2. The van der Waals surface area contributed by atoms with Crippen LogP contribution in [0.25, 0.3) is 0 Å². The summed E-state index contributed by atoms with van der Waals surface area (Å²) >= 11 is 0. The van der Waals surface area contributed by atoms with Crippen molar-refractivity contribution >= 4 is 23.2 Å². The van der Waals surface area contributed by atoms with Crippen LogP contribution < -0.4 is 10.2 Å². The number of hydrogen-bond donors (Lipinski definition) is 1. The van der Waals surface area contributed by atoms with Crippen LogP contribution in [0.2, 0.25) is 0 Å². The van der Waals surface area contributed by atoms with Crippen molar-refractivity contribution in [2.24, 2.45) is 11.8 Å². The van der Waals surface area contributed by atoms with Gasteiger partial charge in [-0.15, -0.1) is 0 Å². The summed E-state index contributed by atoms with van der Waals surface area (Å²) in [5.41, 5.74) is 2.93. The molecule has 2 rings (SSSR count). The normalized spacial score (nSPS) is 14.9. The predicted octanol–water partition coefficient (Wildman–Crippen LogP) is 3.88. The highest BCUT2D eigenvalue weighted by Crippen LogP contribution is 2.31. The van der Waals surface area contributed by atoms with Crippen LogP contribution in [0.3, 0.4) is 0 Å². The Morgan fingerprint density at radius 2 is 1.85 bits per heavy atom. The zero-order chi connectivity index (χ0) is 19.4. The van der Waals surface area contributed by atoms with Crippen molar-refractivity contribution in [3.05, 3.63) is 23.8 Å². The summed E-state index contributed by atoms with van der Waals surface area (Å²) in [6.07, 6.45) is 2.46. The number of carbonyl (C=O) groups excluding carboxylic acids is 2. The minimum Gasteiger partial charge on any atom is -0.377 e. The molecule has 5 nitrogen and oxygen atoms in total. The molecule has 0 saturated heterocycles. The van der Waals surface area contributed by atoms with E-state index >= 15 is 0 Å². The van der Waals surface area contributed by atoms with Crippen LogP contribution in [0.4, 0.5) is 11.4 Å². The van der Waals surface area contributed by atoms with Gasteiger partial charge in [-0.1, -0.05) is 20.8 Å². The van der Waals surface area contributed by atoms with E-state index < -0.39 is 0 Å². The Bertz CT molecular complexity index is 651. The molecule has 1 aromatic carbocycles. The van der Waals surface area contributed by atoms with E-state index in [1.165, 1.54) is 0 Å². The lowest BCUT2D eigenvalue weighted by molar-refractivity contribution is -0.134. The SMILES string of the molecule is CCC(=O)N(Cc1cc(NC(=O)C2CC2)ccc1N(C)C)C(C)C(C)C. The van der Waals surface area contributed by atoms with E-state index in [1.54, 1.807) is 0 Å². The molecule has 1 N–H and O–H groups in total. The summed E-state index contributed by atoms with van der Waals surface area (Å²) in [6.45, 7) is 8.83. The predicted molar refractivity (Wildman–Crippen MR) is 107 cm³/mol. The molecule has 0 heterocycles. The zero-order valence-electron chi connectivity index (χ0n) is 17.0. The van der Waals surface area contributed by atoms with Gasteiger partial charge in [0.25, 0.3) is 0 Å². The fourth-order valence-corrected chi connectivity index (χ4v) is 3.02. The fraction of sp³-hybridized carbons (Fsp3) is 0.619. The monoisotopic (exact) mass is 359 g/mol. The van der Waals surface area contributed by atoms with Gasteiger partial charge >= 0.3 is 0 Å². The highest BCUT2D eigenvalue weighted by Gasteiger charge is 2.30. The smallest absolute Gasteiger partial charge is 0.227 e. The van der Waals surface area contributed by atoms with E-state index in [4.69, 9.17) is 0 Å². The highest BCUT2D eigenvalue weighted by atomic mass is 16.2. The molecule has 1 aromatic rings. The number of anilines is 2. The summed E-state index contributed by atoms with van der Waals surface area (Å²) in [5, 5.41) is 3.02. The largest absolute Gasteiger partial charge is 0.377 e. The summed E-state index contributed by atoms with van der Waals surface area (Å²) in [5.74, 6) is 0.811. The standard InChI is InChI=1S/C21H33N3O2/c1-7-20(25)24(15(4)14(2)3)13-17-12-18(10-11-19(17)23(5)6)22-21(26)16-8-9-16/h10-12,14-16H,7-9,13H2,1-6H3,(H,22,26). The van der Waals surface area contributed by atoms with Crippen LogP contribution in [-0.2, 0) is 16.1 Å². The maximum absolute atomic E-state index is 12.5. The van der Waals surface area contributed by atoms with Crippen LogP contribution in [0.1, 0.15) is 52.5 Å². The Morgan fingerprint density at radius 3 is 2.35 bits per heavy atom. The Balaban J connectivity index is 2.30. The Hall–Kier alpha value is -2.04. The van der Waals surface area contributed by atoms with Crippen LogP contribution >= 0.6 is 0 Å². The van der Waals surface area contributed by atoms with Crippen LogP contribution in [-0.4, -0.2) is 36.9 Å². The van der Waals surface area contributed by atoms with Gasteiger partial charge in [-0.05, 0) is 49.4 Å². The summed E-state index contributed by atoms with van der Waals surface area (Å²) < 4.78 is 0. The molecule has 2 amide bonds. The first-order valence-corrected chi connectivity index (χ1v) is 9.65. The average molecular weight is 360 g/mol. The maximum Gasteiger partial charge on any atom is 0.227 e. The molecule has 0 aromatic heterocycles. The number of hydrogen-bond acceptors (Lipinski definition) is 3. The van der Waals surface area contributed by atoms with Gasteiger partial charge < -0.3 is 15.1 Å². The molecule has 1 unspecified atom stereocenters. The third kappa shape index (κ3) is 4.99. The second-order valence-corrected chi connectivity index (χ2v) is 7.86. The molecule has 1 aliphatic rings. The van der Waals surface area contributed by atoms with E-state index in [9.17, 15) is 9.59 Å². The third-order valence-electron chi connectivity index (χ3n) is 5.20. The van der Waals surface area contributed by atoms with Crippen LogP contribution in [0.15, 0.2) is 18.2 Å². The quantitative estimate of drug-likeness (QED) is 0.766. The van der Waals surface area contributed by atoms with E-state index in [1.807, 2.05) is 44.1 Å². The molecule has 1 fully saturated rings. The van der Waals surface area contributed by atoms with Gasteiger partial charge in [-0.25, -0.2) is 0 Å². The Kier molecular flexibility index (Phi) is 6.68. The molecule has 144 valence electrons. The van der Waals surface area contributed by atoms with Crippen LogP contribution in [0.5, 0.6) is 0 Å². The molecule has 0 spiro atoms. The average Bonchev–Trinajstić information content (AvgIpc) is 3.43. The van der Waals surface area contributed by atoms with Gasteiger partial charge in [0.2, 0.25) is 11.8 Å². The lowest BCUT2D eigenvalue weighted by atomic mass is 10.0. The molecule has 5 heteroatoms. The molecule has 26 heavy (non-hydrogen) atoms. The summed E-state index contributed by atoms with van der Waals surface area (Å²) in [6, 6.07) is 6.13. The zero-order valence-corrected chi connectivity index (χ0v) is 17.0. The molecule has 1 atom stereocenters. The van der Waals surface area contributed by atoms with Gasteiger partial charge in [-0.2, -0.15) is 0 Å². The number of rotatable bonds is 8. The topological polar surface area (TPSA) is 52.7 Å². The molecule has 1 aliphatic carbocycles. The van der Waals surface area contributed by atoms with E-state index in [2.05, 4.69) is 31.0 Å². The molecule has 1 saturated carbocycles. The van der Waals surface area contributed by atoms with Crippen molar-refractivity contribution in [3.63, 3.8) is 0 Å². The highest BCUT2D eigenvalue weighted by molar-refractivity contribution is 5.94. The van der Waals surface area contributed by atoms with E-state index in [-0.39, 0.29) is 23.8 Å². The van der Waals surface area contributed by atoms with Crippen molar-refractivity contribution in [2.75, 3.05) is 24.3 Å². The van der Waals surface area contributed by atoms with Crippen molar-refractivity contribution in [1.29, 1.82) is 0 Å². The summed E-state index contributed by atoms with van der Waals surface area (Å²) in [7, 11) is 4.00. The molecular formula is C21H33N3O2. The van der Waals surface area contributed by atoms with Gasteiger partial charge in [-0.3, -0.25) is 9.59 Å². The first kappa shape index (κ1) is 20.3. The lowest BCUT2D eigenvalue weighted by Crippen LogP contribution is -2.40. The van der Waals surface area contributed by atoms with Crippen molar-refractivity contribution in [2.45, 2.75) is 59.5 Å². The second-order valence-electron chi connectivity index (χ2n) is 7.86.